The SMILES string of the molecule is CCOc1cccc(N(C)Cc2ccc(Br)cc2)c1N. The molecule has 0 atom stereocenters. The van der Waals surface area contributed by atoms with E-state index in [1.54, 1.807) is 0 Å². The molecule has 0 unspecified atom stereocenters. The summed E-state index contributed by atoms with van der Waals surface area (Å²) in [6, 6.07) is 14.2. The standard InChI is InChI=1S/C16H19BrN2O/c1-3-20-15-6-4-5-14(16(15)18)19(2)11-12-7-9-13(17)10-8-12/h4-10H,3,11,18H2,1-2H3. The number of ether oxygens (including phenoxy) is 1. The number of nitrogens with two attached hydrogens (primary N) is 1. The van der Waals surface area contributed by atoms with E-state index in [2.05, 4.69) is 33.0 Å². The quantitative estimate of drug-likeness (QED) is 0.837. The van der Waals surface area contributed by atoms with Crippen molar-refractivity contribution in [3.05, 3.63) is 52.5 Å². The predicted octanol–water partition coefficient (Wildman–Crippen LogP) is 4.07. The molecule has 0 aliphatic rings. The van der Waals surface area contributed by atoms with Gasteiger partial charge in [0.1, 0.15) is 5.75 Å². The predicted molar refractivity (Wildman–Crippen MR) is 88.3 cm³/mol. The number of hydrogen-bond donors (Lipinski definition) is 1. The first-order valence-electron chi connectivity index (χ1n) is 6.58. The van der Waals surface area contributed by atoms with Crippen LogP contribution >= 0.6 is 15.9 Å². The normalized spacial score (nSPS) is 10.3. The van der Waals surface area contributed by atoms with E-state index in [0.717, 1.165) is 22.5 Å². The average Bonchev–Trinajstić information content (AvgIpc) is 2.44. The molecule has 4 heteroatoms. The van der Waals surface area contributed by atoms with Crippen molar-refractivity contribution < 1.29 is 4.74 Å². The maximum absolute atomic E-state index is 6.17. The van der Waals surface area contributed by atoms with Crippen LogP contribution in [-0.2, 0) is 6.54 Å². The van der Waals surface area contributed by atoms with E-state index in [1.165, 1.54) is 5.56 Å². The lowest BCUT2D eigenvalue weighted by Crippen LogP contribution is -2.18. The van der Waals surface area contributed by atoms with Crippen LogP contribution in [0.3, 0.4) is 0 Å². The van der Waals surface area contributed by atoms with Gasteiger partial charge in [-0.2, -0.15) is 0 Å². The molecule has 2 N–H and O–H groups in total. The zero-order valence-electron chi connectivity index (χ0n) is 11.8. The summed E-state index contributed by atoms with van der Waals surface area (Å²) in [5, 5.41) is 0. The first-order valence-corrected chi connectivity index (χ1v) is 7.38. The van der Waals surface area contributed by atoms with Gasteiger partial charge in [0.05, 0.1) is 18.0 Å². The molecule has 0 fully saturated rings. The lowest BCUT2D eigenvalue weighted by Gasteiger charge is -2.22. The molecule has 106 valence electrons. The molecule has 0 radical (unpaired) electrons. The molecule has 3 nitrogen and oxygen atoms in total. The van der Waals surface area contributed by atoms with Gasteiger partial charge >= 0.3 is 0 Å². The molecular weight excluding hydrogens is 316 g/mol. The fourth-order valence-corrected chi connectivity index (χ4v) is 2.36. The van der Waals surface area contributed by atoms with E-state index in [4.69, 9.17) is 10.5 Å². The van der Waals surface area contributed by atoms with Crippen molar-refractivity contribution in [1.29, 1.82) is 0 Å². The van der Waals surface area contributed by atoms with Gasteiger partial charge in [-0.05, 0) is 36.8 Å². The lowest BCUT2D eigenvalue weighted by molar-refractivity contribution is 0.342. The van der Waals surface area contributed by atoms with Crippen LogP contribution in [0.2, 0.25) is 0 Å². The molecule has 0 aliphatic carbocycles. The molecule has 0 aliphatic heterocycles. The number of anilines is 2. The fraction of sp³-hybridized carbons (Fsp3) is 0.250. The number of nitrogen functional groups attached to an aromatic ring is 1. The first-order chi connectivity index (χ1) is 9.61. The largest absolute Gasteiger partial charge is 0.492 e. The molecule has 0 bridgehead atoms. The first kappa shape index (κ1) is 14.7. The molecule has 0 aromatic heterocycles. The smallest absolute Gasteiger partial charge is 0.144 e. The van der Waals surface area contributed by atoms with E-state index >= 15 is 0 Å². The Morgan fingerprint density at radius 2 is 1.85 bits per heavy atom. The van der Waals surface area contributed by atoms with E-state index in [9.17, 15) is 0 Å². The monoisotopic (exact) mass is 334 g/mol. The van der Waals surface area contributed by atoms with Gasteiger partial charge in [-0.15, -0.1) is 0 Å². The zero-order valence-corrected chi connectivity index (χ0v) is 13.4. The van der Waals surface area contributed by atoms with Crippen LogP contribution in [0.25, 0.3) is 0 Å². The maximum atomic E-state index is 6.17. The van der Waals surface area contributed by atoms with E-state index in [1.807, 2.05) is 44.3 Å². The topological polar surface area (TPSA) is 38.5 Å². The van der Waals surface area contributed by atoms with Gasteiger partial charge in [0.2, 0.25) is 0 Å². The summed E-state index contributed by atoms with van der Waals surface area (Å²) >= 11 is 3.44. The summed E-state index contributed by atoms with van der Waals surface area (Å²) in [6.07, 6.45) is 0. The van der Waals surface area contributed by atoms with Crippen molar-refractivity contribution in [3.63, 3.8) is 0 Å². The van der Waals surface area contributed by atoms with Crippen LogP contribution in [-0.4, -0.2) is 13.7 Å². The minimum Gasteiger partial charge on any atom is -0.492 e. The molecule has 0 saturated carbocycles. The number of halogens is 1. The molecule has 2 aromatic rings. The van der Waals surface area contributed by atoms with Gasteiger partial charge in [0, 0.05) is 18.1 Å². The Morgan fingerprint density at radius 3 is 2.50 bits per heavy atom. The Morgan fingerprint density at radius 1 is 1.15 bits per heavy atom. The molecule has 0 saturated heterocycles. The highest BCUT2D eigenvalue weighted by atomic mass is 79.9. The van der Waals surface area contributed by atoms with Crippen LogP contribution < -0.4 is 15.4 Å². The highest BCUT2D eigenvalue weighted by Crippen LogP contribution is 2.32. The van der Waals surface area contributed by atoms with E-state index < -0.39 is 0 Å². The van der Waals surface area contributed by atoms with Crippen molar-refractivity contribution in [1.82, 2.24) is 0 Å². The molecule has 2 aromatic carbocycles. The number of rotatable bonds is 5. The van der Waals surface area contributed by atoms with Crippen LogP contribution in [0, 0.1) is 0 Å². The minimum atomic E-state index is 0.615. The summed E-state index contributed by atoms with van der Waals surface area (Å²) in [5.41, 5.74) is 9.08. The third kappa shape index (κ3) is 3.45. The van der Waals surface area contributed by atoms with Gasteiger partial charge in [0.15, 0.2) is 0 Å². The second kappa shape index (κ2) is 6.66. The summed E-state index contributed by atoms with van der Waals surface area (Å²) in [6.45, 7) is 3.37. The van der Waals surface area contributed by atoms with Crippen molar-refractivity contribution in [3.8, 4) is 5.75 Å². The van der Waals surface area contributed by atoms with Gasteiger partial charge in [-0.3, -0.25) is 0 Å². The maximum Gasteiger partial charge on any atom is 0.144 e. The van der Waals surface area contributed by atoms with Gasteiger partial charge in [0.25, 0.3) is 0 Å². The third-order valence-corrected chi connectivity index (χ3v) is 3.62. The second-order valence-corrected chi connectivity index (χ2v) is 5.52. The van der Waals surface area contributed by atoms with E-state index in [0.29, 0.717) is 12.3 Å². The second-order valence-electron chi connectivity index (χ2n) is 4.60. The van der Waals surface area contributed by atoms with Gasteiger partial charge in [-0.25, -0.2) is 0 Å². The van der Waals surface area contributed by atoms with Crippen molar-refractivity contribution in [2.45, 2.75) is 13.5 Å². The Bertz CT molecular complexity index is 569. The van der Waals surface area contributed by atoms with Crippen molar-refractivity contribution >= 4 is 27.3 Å². The Kier molecular flexibility index (Phi) is 4.90. The Labute approximate surface area is 128 Å². The molecule has 0 amide bonds. The lowest BCUT2D eigenvalue weighted by atomic mass is 10.2. The molecule has 0 spiro atoms. The van der Waals surface area contributed by atoms with Gasteiger partial charge < -0.3 is 15.4 Å². The highest BCUT2D eigenvalue weighted by molar-refractivity contribution is 9.10. The van der Waals surface area contributed by atoms with Crippen molar-refractivity contribution in [2.75, 3.05) is 24.3 Å². The zero-order chi connectivity index (χ0) is 14.5. The number of hydrogen-bond acceptors (Lipinski definition) is 3. The van der Waals surface area contributed by atoms with Crippen molar-refractivity contribution in [2.24, 2.45) is 0 Å². The Hall–Kier alpha value is -1.68. The fourth-order valence-electron chi connectivity index (χ4n) is 2.10. The van der Waals surface area contributed by atoms with Crippen LogP contribution in [0.15, 0.2) is 46.9 Å². The third-order valence-electron chi connectivity index (χ3n) is 3.09. The van der Waals surface area contributed by atoms with Crippen LogP contribution in [0.4, 0.5) is 11.4 Å². The summed E-state index contributed by atoms with van der Waals surface area (Å²) < 4.78 is 6.62. The number of para-hydroxylation sites is 1. The highest BCUT2D eigenvalue weighted by Gasteiger charge is 2.10. The molecule has 0 heterocycles. The average molecular weight is 335 g/mol. The van der Waals surface area contributed by atoms with Crippen LogP contribution in [0.5, 0.6) is 5.75 Å². The molecule has 20 heavy (non-hydrogen) atoms. The summed E-state index contributed by atoms with van der Waals surface area (Å²) in [7, 11) is 2.03. The van der Waals surface area contributed by atoms with E-state index in [-0.39, 0.29) is 0 Å². The number of nitrogens with zero attached hydrogens (tertiary/aromatic N) is 1. The number of benzene rings is 2. The summed E-state index contributed by atoms with van der Waals surface area (Å²) in [4.78, 5) is 2.13. The molecule has 2 rings (SSSR count). The Balaban J connectivity index is 2.18. The molecular formula is C16H19BrN2O. The van der Waals surface area contributed by atoms with Gasteiger partial charge in [-0.1, -0.05) is 34.1 Å². The van der Waals surface area contributed by atoms with Crippen LogP contribution in [0.1, 0.15) is 12.5 Å². The minimum absolute atomic E-state index is 0.615. The summed E-state index contributed by atoms with van der Waals surface area (Å²) in [5.74, 6) is 0.743.